The van der Waals surface area contributed by atoms with Gasteiger partial charge in [0.2, 0.25) is 11.8 Å². The second kappa shape index (κ2) is 12.8. The molecule has 1 aliphatic rings. The number of hydrogen-bond donors (Lipinski definition) is 2. The Labute approximate surface area is 216 Å². The van der Waals surface area contributed by atoms with Crippen molar-refractivity contribution in [2.75, 3.05) is 20.1 Å². The molecule has 6 heteroatoms. The van der Waals surface area contributed by atoms with Crippen LogP contribution in [0.2, 0.25) is 0 Å². The zero-order valence-electron chi connectivity index (χ0n) is 22.7. The molecule has 0 aliphatic heterocycles. The molecular formula is C30H42N4O2. The molecule has 1 aromatic heterocycles. The summed E-state index contributed by atoms with van der Waals surface area (Å²) in [5.74, 6) is 1.24. The highest BCUT2D eigenvalue weighted by Crippen LogP contribution is 2.49. The van der Waals surface area contributed by atoms with Crippen molar-refractivity contribution in [3.05, 3.63) is 82.1 Å². The smallest absolute Gasteiger partial charge is 0.251 e. The van der Waals surface area contributed by atoms with E-state index < -0.39 is 5.41 Å². The topological polar surface area (TPSA) is 80.1 Å². The van der Waals surface area contributed by atoms with Crippen LogP contribution in [-0.4, -0.2) is 36.2 Å². The van der Waals surface area contributed by atoms with Gasteiger partial charge in [-0.15, -0.1) is 10.2 Å². The number of benzene rings is 1. The molecule has 0 saturated heterocycles. The van der Waals surface area contributed by atoms with Crippen molar-refractivity contribution >= 4 is 5.91 Å². The third kappa shape index (κ3) is 5.54. The number of rotatable bonds is 12. The van der Waals surface area contributed by atoms with Gasteiger partial charge in [-0.1, -0.05) is 69.2 Å². The first-order valence-corrected chi connectivity index (χ1v) is 13.4. The standard InChI is InChI=1S/C30H42N4O2/c1-7-21(8-2)12-13-22-14-15-23-20-24(28(35)31-6)16-17-26(23)30(25(22)9-3,18-19-32-11-5)29-34-33-27(10-4)36-29/h7,12,16-17,20,32H,1,8-11,13-15,18-19H2,2-6H3,(H,31,35)/b21-12+. The number of carbonyl (C=O) groups excluding carboxylic acids is 1. The fourth-order valence-corrected chi connectivity index (χ4v) is 5.46. The molecule has 3 rings (SSSR count). The summed E-state index contributed by atoms with van der Waals surface area (Å²) < 4.78 is 6.37. The molecular weight excluding hydrogens is 448 g/mol. The van der Waals surface area contributed by atoms with Crippen molar-refractivity contribution < 1.29 is 9.21 Å². The van der Waals surface area contributed by atoms with Crippen LogP contribution in [0, 0.1) is 0 Å². The molecule has 0 bridgehead atoms. The van der Waals surface area contributed by atoms with E-state index in [2.05, 4.69) is 66.4 Å². The van der Waals surface area contributed by atoms with Gasteiger partial charge in [-0.05, 0) is 74.9 Å². The van der Waals surface area contributed by atoms with Gasteiger partial charge in [0.05, 0.1) is 5.41 Å². The Balaban J connectivity index is 2.32. The highest BCUT2D eigenvalue weighted by atomic mass is 16.4. The van der Waals surface area contributed by atoms with Crippen LogP contribution in [0.15, 0.2) is 58.1 Å². The van der Waals surface area contributed by atoms with Gasteiger partial charge < -0.3 is 15.1 Å². The number of fused-ring (bicyclic) bond motifs is 1. The van der Waals surface area contributed by atoms with E-state index in [-0.39, 0.29) is 5.91 Å². The van der Waals surface area contributed by atoms with E-state index in [0.717, 1.165) is 51.6 Å². The summed E-state index contributed by atoms with van der Waals surface area (Å²) in [5.41, 5.74) is 6.50. The molecule has 0 radical (unpaired) electrons. The molecule has 1 heterocycles. The number of allylic oxidation sites excluding steroid dienone is 5. The first kappa shape index (κ1) is 27.6. The Kier molecular flexibility index (Phi) is 9.82. The highest BCUT2D eigenvalue weighted by molar-refractivity contribution is 5.94. The van der Waals surface area contributed by atoms with Crippen molar-refractivity contribution in [2.45, 2.75) is 78.1 Å². The van der Waals surface area contributed by atoms with Crippen LogP contribution >= 0.6 is 0 Å². The summed E-state index contributed by atoms with van der Waals surface area (Å²) in [5, 5.41) is 15.3. The molecule has 0 spiro atoms. The Bertz CT molecular complexity index is 1130. The predicted molar refractivity (Wildman–Crippen MR) is 146 cm³/mol. The summed E-state index contributed by atoms with van der Waals surface area (Å²) in [4.78, 5) is 12.5. The minimum Gasteiger partial charge on any atom is -0.424 e. The number of nitrogens with one attached hydrogen (secondary N) is 2. The van der Waals surface area contributed by atoms with Crippen LogP contribution in [0.25, 0.3) is 0 Å². The van der Waals surface area contributed by atoms with Gasteiger partial charge in [-0.3, -0.25) is 4.79 Å². The molecule has 36 heavy (non-hydrogen) atoms. The number of amides is 1. The summed E-state index contributed by atoms with van der Waals surface area (Å²) in [6, 6.07) is 6.11. The molecule has 2 aromatic rings. The number of aryl methyl sites for hydroxylation is 2. The normalized spacial score (nSPS) is 18.1. The largest absolute Gasteiger partial charge is 0.424 e. The van der Waals surface area contributed by atoms with Crippen molar-refractivity contribution in [1.82, 2.24) is 20.8 Å². The number of carbonyl (C=O) groups is 1. The molecule has 0 fully saturated rings. The third-order valence-corrected chi connectivity index (χ3v) is 7.39. The Morgan fingerprint density at radius 3 is 2.58 bits per heavy atom. The third-order valence-electron chi connectivity index (χ3n) is 7.39. The predicted octanol–water partition coefficient (Wildman–Crippen LogP) is 5.84. The van der Waals surface area contributed by atoms with Gasteiger partial charge in [0.1, 0.15) is 0 Å². The maximum Gasteiger partial charge on any atom is 0.251 e. The quantitative estimate of drug-likeness (QED) is 0.222. The summed E-state index contributed by atoms with van der Waals surface area (Å²) in [6.45, 7) is 14.3. The lowest BCUT2D eigenvalue weighted by atomic mass is 9.68. The van der Waals surface area contributed by atoms with E-state index in [1.165, 1.54) is 27.8 Å². The molecule has 1 aromatic carbocycles. The van der Waals surface area contributed by atoms with Gasteiger partial charge in [-0.2, -0.15) is 0 Å². The summed E-state index contributed by atoms with van der Waals surface area (Å²) in [7, 11) is 1.67. The van der Waals surface area contributed by atoms with Gasteiger partial charge in [0, 0.05) is 19.0 Å². The zero-order chi connectivity index (χ0) is 26.1. The first-order chi connectivity index (χ1) is 17.5. The Morgan fingerprint density at radius 1 is 1.17 bits per heavy atom. The molecule has 1 amide bonds. The van der Waals surface area contributed by atoms with E-state index in [1.54, 1.807) is 7.05 Å². The van der Waals surface area contributed by atoms with E-state index in [4.69, 9.17) is 4.42 Å². The number of nitrogens with zero attached hydrogens (tertiary/aromatic N) is 2. The van der Waals surface area contributed by atoms with E-state index in [9.17, 15) is 4.79 Å². The van der Waals surface area contributed by atoms with Crippen molar-refractivity contribution in [1.29, 1.82) is 0 Å². The second-order valence-corrected chi connectivity index (χ2v) is 9.29. The lowest BCUT2D eigenvalue weighted by Gasteiger charge is -2.35. The van der Waals surface area contributed by atoms with Gasteiger partial charge in [0.15, 0.2) is 0 Å². The van der Waals surface area contributed by atoms with Crippen LogP contribution in [0.5, 0.6) is 0 Å². The van der Waals surface area contributed by atoms with E-state index >= 15 is 0 Å². The van der Waals surface area contributed by atoms with E-state index in [1.807, 2.05) is 19.1 Å². The summed E-state index contributed by atoms with van der Waals surface area (Å²) >= 11 is 0. The Morgan fingerprint density at radius 2 is 1.97 bits per heavy atom. The molecule has 1 unspecified atom stereocenters. The van der Waals surface area contributed by atoms with Crippen molar-refractivity contribution in [2.24, 2.45) is 0 Å². The molecule has 1 aliphatic carbocycles. The SMILES string of the molecule is C=C/C(=C\CC1=C(CC)C(CCNCC)(c2nnc(CC)o2)c2ccc(C(=O)NC)cc2CC1)CC. The molecule has 1 atom stereocenters. The molecule has 2 N–H and O–H groups in total. The van der Waals surface area contributed by atoms with Crippen molar-refractivity contribution in [3.63, 3.8) is 0 Å². The fraction of sp³-hybridized carbons (Fsp3) is 0.500. The summed E-state index contributed by atoms with van der Waals surface area (Å²) in [6.07, 6.45) is 10.3. The number of aromatic nitrogens is 2. The van der Waals surface area contributed by atoms with Crippen LogP contribution < -0.4 is 10.6 Å². The van der Waals surface area contributed by atoms with Crippen LogP contribution in [0.3, 0.4) is 0 Å². The number of hydrogen-bond acceptors (Lipinski definition) is 5. The maximum absolute atomic E-state index is 12.5. The second-order valence-electron chi connectivity index (χ2n) is 9.29. The maximum atomic E-state index is 12.5. The fourth-order valence-electron chi connectivity index (χ4n) is 5.46. The van der Waals surface area contributed by atoms with Crippen LogP contribution in [0.4, 0.5) is 0 Å². The Hall–Kier alpha value is -2.99. The molecule has 194 valence electrons. The van der Waals surface area contributed by atoms with Gasteiger partial charge >= 0.3 is 0 Å². The molecule has 0 saturated carbocycles. The lowest BCUT2D eigenvalue weighted by Crippen LogP contribution is -2.36. The van der Waals surface area contributed by atoms with Crippen LogP contribution in [0.1, 0.15) is 93.1 Å². The first-order valence-electron chi connectivity index (χ1n) is 13.4. The van der Waals surface area contributed by atoms with E-state index in [0.29, 0.717) is 23.8 Å². The lowest BCUT2D eigenvalue weighted by molar-refractivity contribution is 0.0963. The average molecular weight is 491 g/mol. The zero-order valence-corrected chi connectivity index (χ0v) is 22.7. The monoisotopic (exact) mass is 490 g/mol. The average Bonchev–Trinajstić information content (AvgIpc) is 3.35. The minimum absolute atomic E-state index is 0.0724. The molecule has 6 nitrogen and oxygen atoms in total. The van der Waals surface area contributed by atoms with Crippen LogP contribution in [-0.2, 0) is 18.3 Å². The minimum atomic E-state index is -0.547. The highest BCUT2D eigenvalue weighted by Gasteiger charge is 2.45. The van der Waals surface area contributed by atoms with Gasteiger partial charge in [0.25, 0.3) is 5.91 Å². The van der Waals surface area contributed by atoms with Gasteiger partial charge in [-0.25, -0.2) is 0 Å². The van der Waals surface area contributed by atoms with Crippen molar-refractivity contribution in [3.8, 4) is 0 Å².